The van der Waals surface area contributed by atoms with E-state index in [9.17, 15) is 4.79 Å². The molecule has 1 aromatic carbocycles. The maximum Gasteiger partial charge on any atom is 0.251 e. The lowest BCUT2D eigenvalue weighted by molar-refractivity contribution is 0.0946. The number of pyridine rings is 1. The van der Waals surface area contributed by atoms with Gasteiger partial charge in [-0.25, -0.2) is 4.98 Å². The first kappa shape index (κ1) is 12.9. The number of aromatic nitrogens is 2. The lowest BCUT2D eigenvalue weighted by Gasteiger charge is -2.17. The van der Waals surface area contributed by atoms with E-state index >= 15 is 0 Å². The first-order chi connectivity index (χ1) is 10.8. The Morgan fingerprint density at radius 2 is 2.14 bits per heavy atom. The number of carbonyl (C=O) groups is 1. The van der Waals surface area contributed by atoms with E-state index in [0.29, 0.717) is 6.54 Å². The molecular formula is C17H15N3O2. The third-order valence-electron chi connectivity index (χ3n) is 4.10. The molecule has 0 saturated carbocycles. The van der Waals surface area contributed by atoms with Crippen molar-refractivity contribution in [3.05, 3.63) is 47.8 Å². The SMILES string of the molecule is COc1ccnc2[nH]cc(-c3ccc4c(c3)CCNC4=O)c12. The third kappa shape index (κ3) is 1.86. The molecule has 22 heavy (non-hydrogen) atoms. The number of nitrogens with one attached hydrogen (secondary N) is 2. The molecule has 0 radical (unpaired) electrons. The van der Waals surface area contributed by atoms with Gasteiger partial charge in [-0.2, -0.15) is 0 Å². The van der Waals surface area contributed by atoms with Crippen molar-refractivity contribution in [2.75, 3.05) is 13.7 Å². The molecule has 0 spiro atoms. The van der Waals surface area contributed by atoms with Crippen molar-refractivity contribution in [1.82, 2.24) is 15.3 Å². The highest BCUT2D eigenvalue weighted by Gasteiger charge is 2.18. The topological polar surface area (TPSA) is 67.0 Å². The molecule has 2 N–H and O–H groups in total. The molecule has 3 heterocycles. The van der Waals surface area contributed by atoms with Crippen molar-refractivity contribution in [3.63, 3.8) is 0 Å². The number of benzene rings is 1. The van der Waals surface area contributed by atoms with Crippen LogP contribution in [0.3, 0.4) is 0 Å². The summed E-state index contributed by atoms with van der Waals surface area (Å²) in [6.45, 7) is 0.689. The zero-order valence-electron chi connectivity index (χ0n) is 12.1. The Kier molecular flexibility index (Phi) is 2.85. The quantitative estimate of drug-likeness (QED) is 0.763. The lowest BCUT2D eigenvalue weighted by Crippen LogP contribution is -2.31. The van der Waals surface area contributed by atoms with Crippen LogP contribution in [0.2, 0.25) is 0 Å². The standard InChI is InChI=1S/C17H15N3O2/c1-22-14-5-7-18-16-15(14)13(9-20-16)10-2-3-12-11(8-10)4-6-19-17(12)21/h2-3,5,7-9H,4,6H2,1H3,(H,18,20)(H,19,21). The average Bonchev–Trinajstić information content (AvgIpc) is 2.99. The highest BCUT2D eigenvalue weighted by Crippen LogP contribution is 2.35. The van der Waals surface area contributed by atoms with Gasteiger partial charge in [-0.05, 0) is 29.7 Å². The number of nitrogens with zero attached hydrogens (tertiary/aromatic N) is 1. The maximum absolute atomic E-state index is 11.8. The van der Waals surface area contributed by atoms with E-state index < -0.39 is 0 Å². The van der Waals surface area contributed by atoms with Gasteiger partial charge in [0.15, 0.2) is 0 Å². The van der Waals surface area contributed by atoms with Gasteiger partial charge < -0.3 is 15.0 Å². The van der Waals surface area contributed by atoms with Crippen molar-refractivity contribution >= 4 is 16.9 Å². The summed E-state index contributed by atoms with van der Waals surface area (Å²) >= 11 is 0. The van der Waals surface area contributed by atoms with Crippen LogP contribution in [0.25, 0.3) is 22.2 Å². The molecular weight excluding hydrogens is 278 g/mol. The molecule has 1 amide bonds. The number of fused-ring (bicyclic) bond motifs is 2. The summed E-state index contributed by atoms with van der Waals surface area (Å²) in [6.07, 6.45) is 4.51. The summed E-state index contributed by atoms with van der Waals surface area (Å²) in [6, 6.07) is 7.80. The fourth-order valence-electron chi connectivity index (χ4n) is 3.02. The van der Waals surface area contributed by atoms with E-state index in [-0.39, 0.29) is 5.91 Å². The summed E-state index contributed by atoms with van der Waals surface area (Å²) < 4.78 is 5.45. The van der Waals surface area contributed by atoms with Crippen LogP contribution in [-0.2, 0) is 6.42 Å². The molecule has 4 rings (SSSR count). The van der Waals surface area contributed by atoms with Gasteiger partial charge in [0, 0.05) is 30.1 Å². The minimum absolute atomic E-state index is 0.00553. The zero-order valence-corrected chi connectivity index (χ0v) is 12.1. The van der Waals surface area contributed by atoms with Crippen molar-refractivity contribution in [3.8, 4) is 16.9 Å². The van der Waals surface area contributed by atoms with Gasteiger partial charge in [0.1, 0.15) is 11.4 Å². The average molecular weight is 293 g/mol. The predicted molar refractivity (Wildman–Crippen MR) is 84.1 cm³/mol. The van der Waals surface area contributed by atoms with Crippen molar-refractivity contribution in [1.29, 1.82) is 0 Å². The molecule has 1 aliphatic rings. The Morgan fingerprint density at radius 3 is 3.00 bits per heavy atom. The van der Waals surface area contributed by atoms with Gasteiger partial charge >= 0.3 is 0 Å². The van der Waals surface area contributed by atoms with Crippen molar-refractivity contribution in [2.45, 2.75) is 6.42 Å². The second kappa shape index (κ2) is 4.87. The van der Waals surface area contributed by atoms with Crippen LogP contribution in [0.15, 0.2) is 36.7 Å². The van der Waals surface area contributed by atoms with Crippen molar-refractivity contribution < 1.29 is 9.53 Å². The first-order valence-electron chi connectivity index (χ1n) is 7.19. The zero-order chi connectivity index (χ0) is 15.1. The number of ether oxygens (including phenoxy) is 1. The summed E-state index contributed by atoms with van der Waals surface area (Å²) in [4.78, 5) is 19.4. The van der Waals surface area contributed by atoms with E-state index in [4.69, 9.17) is 4.74 Å². The van der Waals surface area contributed by atoms with Crippen molar-refractivity contribution in [2.24, 2.45) is 0 Å². The van der Waals surface area contributed by atoms with Crippen LogP contribution in [0.1, 0.15) is 15.9 Å². The number of H-pyrrole nitrogens is 1. The fraction of sp³-hybridized carbons (Fsp3) is 0.176. The molecule has 3 aromatic rings. The normalized spacial score (nSPS) is 13.8. The fourth-order valence-corrected chi connectivity index (χ4v) is 3.02. The van der Waals surface area contributed by atoms with Gasteiger partial charge in [0.2, 0.25) is 0 Å². The summed E-state index contributed by atoms with van der Waals surface area (Å²) in [5.41, 5.74) is 4.74. The van der Waals surface area contributed by atoms with E-state index in [1.54, 1.807) is 13.3 Å². The van der Waals surface area contributed by atoms with E-state index in [1.807, 2.05) is 24.4 Å². The Labute approximate surface area is 127 Å². The number of hydrogen-bond acceptors (Lipinski definition) is 3. The smallest absolute Gasteiger partial charge is 0.251 e. The summed E-state index contributed by atoms with van der Waals surface area (Å²) in [7, 11) is 1.66. The largest absolute Gasteiger partial charge is 0.496 e. The van der Waals surface area contributed by atoms with E-state index in [1.165, 1.54) is 0 Å². The number of amides is 1. The molecule has 0 aliphatic carbocycles. The van der Waals surface area contributed by atoms with Crippen LogP contribution in [0.4, 0.5) is 0 Å². The van der Waals surface area contributed by atoms with Crippen LogP contribution >= 0.6 is 0 Å². The monoisotopic (exact) mass is 293 g/mol. The van der Waals surface area contributed by atoms with Crippen LogP contribution in [0.5, 0.6) is 5.75 Å². The Bertz CT molecular complexity index is 883. The van der Waals surface area contributed by atoms with E-state index in [2.05, 4.69) is 21.4 Å². The van der Waals surface area contributed by atoms with Gasteiger partial charge in [0.05, 0.1) is 12.5 Å². The van der Waals surface area contributed by atoms with Gasteiger partial charge in [-0.1, -0.05) is 12.1 Å². The molecule has 0 saturated heterocycles. The van der Waals surface area contributed by atoms with Crippen LogP contribution in [-0.4, -0.2) is 29.5 Å². The molecule has 0 fully saturated rings. The molecule has 1 aliphatic heterocycles. The Hall–Kier alpha value is -2.82. The van der Waals surface area contributed by atoms with Crippen LogP contribution < -0.4 is 10.1 Å². The molecule has 5 nitrogen and oxygen atoms in total. The highest BCUT2D eigenvalue weighted by atomic mass is 16.5. The molecule has 5 heteroatoms. The maximum atomic E-state index is 11.8. The summed E-state index contributed by atoms with van der Waals surface area (Å²) in [5.74, 6) is 0.794. The number of carbonyl (C=O) groups excluding carboxylic acids is 1. The third-order valence-corrected chi connectivity index (χ3v) is 4.10. The number of rotatable bonds is 2. The number of methoxy groups -OCH3 is 1. The van der Waals surface area contributed by atoms with Gasteiger partial charge in [-0.15, -0.1) is 0 Å². The molecule has 0 bridgehead atoms. The predicted octanol–water partition coefficient (Wildman–Crippen LogP) is 2.52. The lowest BCUT2D eigenvalue weighted by atomic mass is 9.95. The Morgan fingerprint density at radius 1 is 1.23 bits per heavy atom. The Balaban J connectivity index is 1.91. The molecule has 110 valence electrons. The summed E-state index contributed by atoms with van der Waals surface area (Å²) in [5, 5.41) is 3.83. The van der Waals surface area contributed by atoms with Gasteiger partial charge in [0.25, 0.3) is 5.91 Å². The highest BCUT2D eigenvalue weighted by molar-refractivity contribution is 6.00. The van der Waals surface area contributed by atoms with E-state index in [0.717, 1.165) is 45.5 Å². The van der Waals surface area contributed by atoms with Gasteiger partial charge in [-0.3, -0.25) is 4.79 Å². The number of hydrogen-bond donors (Lipinski definition) is 2. The molecule has 0 atom stereocenters. The molecule has 2 aromatic heterocycles. The molecule has 0 unspecified atom stereocenters. The second-order valence-electron chi connectivity index (χ2n) is 5.32. The minimum atomic E-state index is 0.00553. The first-order valence-corrected chi connectivity index (χ1v) is 7.19. The van der Waals surface area contributed by atoms with Crippen LogP contribution in [0, 0.1) is 0 Å². The number of aromatic amines is 1. The minimum Gasteiger partial charge on any atom is -0.496 e. The second-order valence-corrected chi connectivity index (χ2v) is 5.32.